The van der Waals surface area contributed by atoms with Crippen LogP contribution in [0.4, 0.5) is 24.5 Å². The second-order valence-electron chi connectivity index (χ2n) is 7.91. The van der Waals surface area contributed by atoms with Crippen LogP contribution in [0.5, 0.6) is 5.75 Å². The molecule has 1 atom stereocenters. The Kier molecular flexibility index (Phi) is 7.93. The van der Waals surface area contributed by atoms with Crippen molar-refractivity contribution in [3.8, 4) is 5.75 Å². The van der Waals surface area contributed by atoms with Crippen LogP contribution >= 0.6 is 0 Å². The van der Waals surface area contributed by atoms with Crippen LogP contribution in [0.2, 0.25) is 0 Å². The molecule has 0 radical (unpaired) electrons. The number of anilines is 2. The third-order valence-corrected chi connectivity index (χ3v) is 5.48. The molecular formula is C23H27F3N4O3. The Hall–Kier alpha value is -3.11. The average molecular weight is 464 g/mol. The number of nitrogens with zero attached hydrogens (tertiary/aromatic N) is 2. The number of ether oxygens (including phenoxy) is 1. The van der Waals surface area contributed by atoms with Crippen LogP contribution in [0.25, 0.3) is 0 Å². The fraction of sp³-hybridized carbons (Fsp3) is 0.391. The number of rotatable bonds is 7. The fourth-order valence-corrected chi connectivity index (χ4v) is 3.57. The minimum Gasteiger partial charge on any atom is -0.406 e. The lowest BCUT2D eigenvalue weighted by Gasteiger charge is -2.37. The van der Waals surface area contributed by atoms with Crippen molar-refractivity contribution in [3.05, 3.63) is 54.1 Å². The van der Waals surface area contributed by atoms with Crippen LogP contribution in [0.15, 0.2) is 48.5 Å². The first kappa shape index (κ1) is 24.5. The van der Waals surface area contributed by atoms with E-state index < -0.39 is 6.36 Å². The molecule has 2 aromatic rings. The smallest absolute Gasteiger partial charge is 0.406 e. The lowest BCUT2D eigenvalue weighted by Crippen LogP contribution is -2.53. The molecule has 0 bridgehead atoms. The number of amides is 2. The van der Waals surface area contributed by atoms with Gasteiger partial charge in [0.25, 0.3) is 0 Å². The topological polar surface area (TPSA) is 73.9 Å². The lowest BCUT2D eigenvalue weighted by atomic mass is 10.1. The second-order valence-corrected chi connectivity index (χ2v) is 7.91. The van der Waals surface area contributed by atoms with E-state index in [1.165, 1.54) is 12.1 Å². The highest BCUT2D eigenvalue weighted by Crippen LogP contribution is 2.24. The summed E-state index contributed by atoms with van der Waals surface area (Å²) in [5.41, 5.74) is 2.17. The third kappa shape index (κ3) is 7.47. The van der Waals surface area contributed by atoms with Gasteiger partial charge in [0.15, 0.2) is 0 Å². The van der Waals surface area contributed by atoms with Crippen LogP contribution in [0.1, 0.15) is 12.5 Å². The molecule has 2 amide bonds. The Bertz CT molecular complexity index is 958. The molecule has 1 heterocycles. The molecule has 3 rings (SSSR count). The molecular weight excluding hydrogens is 437 g/mol. The number of hydrogen-bond donors (Lipinski definition) is 2. The van der Waals surface area contributed by atoms with E-state index >= 15 is 0 Å². The number of hydrogen-bond acceptors (Lipinski definition) is 5. The monoisotopic (exact) mass is 464 g/mol. The Morgan fingerprint density at radius 3 is 2.24 bits per heavy atom. The summed E-state index contributed by atoms with van der Waals surface area (Å²) < 4.78 is 40.5. The van der Waals surface area contributed by atoms with Crippen molar-refractivity contribution in [1.29, 1.82) is 0 Å². The number of aryl methyl sites for hydroxylation is 1. The van der Waals surface area contributed by atoms with Crippen molar-refractivity contribution in [2.45, 2.75) is 26.3 Å². The highest BCUT2D eigenvalue weighted by Gasteiger charge is 2.31. The van der Waals surface area contributed by atoms with Gasteiger partial charge in [-0.05, 0) is 49.7 Å². The van der Waals surface area contributed by atoms with Gasteiger partial charge in [-0.15, -0.1) is 13.2 Å². The molecule has 33 heavy (non-hydrogen) atoms. The van der Waals surface area contributed by atoms with E-state index in [4.69, 9.17) is 0 Å². The summed E-state index contributed by atoms with van der Waals surface area (Å²) in [6.07, 6.45) is -4.76. The summed E-state index contributed by atoms with van der Waals surface area (Å²) in [6, 6.07) is 12.3. The Labute approximate surface area is 190 Å². The number of para-hydroxylation sites is 1. The van der Waals surface area contributed by atoms with Gasteiger partial charge >= 0.3 is 6.36 Å². The van der Waals surface area contributed by atoms with Crippen LogP contribution in [-0.4, -0.2) is 66.7 Å². The minimum atomic E-state index is -4.76. The van der Waals surface area contributed by atoms with Crippen LogP contribution in [0, 0.1) is 6.92 Å². The summed E-state index contributed by atoms with van der Waals surface area (Å²) >= 11 is 0. The van der Waals surface area contributed by atoms with Gasteiger partial charge in [-0.2, -0.15) is 0 Å². The van der Waals surface area contributed by atoms with Crippen molar-refractivity contribution in [2.24, 2.45) is 0 Å². The maximum atomic E-state index is 12.6. The molecule has 1 aliphatic rings. The Morgan fingerprint density at radius 2 is 1.64 bits per heavy atom. The molecule has 1 saturated heterocycles. The zero-order valence-electron chi connectivity index (χ0n) is 18.5. The highest BCUT2D eigenvalue weighted by atomic mass is 19.4. The maximum absolute atomic E-state index is 12.6. The van der Waals surface area contributed by atoms with E-state index in [0.717, 1.165) is 23.4 Å². The number of piperazine rings is 1. The Balaban J connectivity index is 1.42. The molecule has 2 aromatic carbocycles. The van der Waals surface area contributed by atoms with Gasteiger partial charge in [-0.25, -0.2) is 0 Å². The molecule has 1 aliphatic heterocycles. The number of nitrogens with one attached hydrogen (secondary N) is 2. The number of alkyl halides is 3. The first-order chi connectivity index (χ1) is 15.6. The SMILES string of the molecule is Cc1ccccc1NC(=O)C(C)N1CCN(CC(=O)Nc2ccc(OC(F)(F)F)cc2)CC1. The molecule has 178 valence electrons. The summed E-state index contributed by atoms with van der Waals surface area (Å²) in [5, 5.41) is 5.63. The van der Waals surface area contributed by atoms with Gasteiger partial charge < -0.3 is 15.4 Å². The van der Waals surface area contributed by atoms with E-state index in [9.17, 15) is 22.8 Å². The average Bonchev–Trinajstić information content (AvgIpc) is 2.75. The van der Waals surface area contributed by atoms with Gasteiger partial charge in [0.2, 0.25) is 11.8 Å². The van der Waals surface area contributed by atoms with Crippen LogP contribution in [-0.2, 0) is 9.59 Å². The largest absolute Gasteiger partial charge is 0.573 e. The molecule has 0 aromatic heterocycles. The van der Waals surface area contributed by atoms with Crippen molar-refractivity contribution in [1.82, 2.24) is 9.80 Å². The fourth-order valence-electron chi connectivity index (χ4n) is 3.57. The van der Waals surface area contributed by atoms with Crippen molar-refractivity contribution >= 4 is 23.2 Å². The number of halogens is 3. The summed E-state index contributed by atoms with van der Waals surface area (Å²) in [5.74, 6) is -0.691. The van der Waals surface area contributed by atoms with Gasteiger partial charge in [0.1, 0.15) is 5.75 Å². The minimum absolute atomic E-state index is 0.0755. The molecule has 10 heteroatoms. The summed E-state index contributed by atoms with van der Waals surface area (Å²) in [7, 11) is 0. The second kappa shape index (κ2) is 10.7. The van der Waals surface area contributed by atoms with E-state index in [2.05, 4.69) is 20.3 Å². The summed E-state index contributed by atoms with van der Waals surface area (Å²) in [4.78, 5) is 29.0. The molecule has 1 fully saturated rings. The summed E-state index contributed by atoms with van der Waals surface area (Å²) in [6.45, 7) is 6.47. The third-order valence-electron chi connectivity index (χ3n) is 5.48. The number of benzene rings is 2. The van der Waals surface area contributed by atoms with Crippen molar-refractivity contribution in [2.75, 3.05) is 43.4 Å². The molecule has 2 N–H and O–H groups in total. The predicted octanol–water partition coefficient (Wildman–Crippen LogP) is 3.48. The normalized spacial score (nSPS) is 16.2. The van der Waals surface area contributed by atoms with Gasteiger partial charge in [-0.3, -0.25) is 19.4 Å². The van der Waals surface area contributed by atoms with Gasteiger partial charge in [0.05, 0.1) is 12.6 Å². The first-order valence-corrected chi connectivity index (χ1v) is 10.6. The number of carbonyl (C=O) groups is 2. The predicted molar refractivity (Wildman–Crippen MR) is 119 cm³/mol. The van der Waals surface area contributed by atoms with E-state index in [-0.39, 0.29) is 30.2 Å². The van der Waals surface area contributed by atoms with Gasteiger partial charge in [0, 0.05) is 37.6 Å². The molecule has 0 aliphatic carbocycles. The molecule has 7 nitrogen and oxygen atoms in total. The number of carbonyl (C=O) groups excluding carboxylic acids is 2. The quantitative estimate of drug-likeness (QED) is 0.657. The molecule has 0 spiro atoms. The van der Waals surface area contributed by atoms with Crippen molar-refractivity contribution < 1.29 is 27.5 Å². The lowest BCUT2D eigenvalue weighted by molar-refractivity contribution is -0.274. The zero-order chi connectivity index (χ0) is 24.0. The molecule has 0 saturated carbocycles. The standard InChI is InChI=1S/C23H27F3N4O3/c1-16-5-3-4-6-20(16)28-22(32)17(2)30-13-11-29(12-14-30)15-21(31)27-18-7-9-19(10-8-18)33-23(24,25)26/h3-10,17H,11-15H2,1-2H3,(H,27,31)(H,28,32). The highest BCUT2D eigenvalue weighted by molar-refractivity contribution is 5.95. The first-order valence-electron chi connectivity index (χ1n) is 10.6. The van der Waals surface area contributed by atoms with Gasteiger partial charge in [-0.1, -0.05) is 18.2 Å². The zero-order valence-corrected chi connectivity index (χ0v) is 18.5. The van der Waals surface area contributed by atoms with Crippen molar-refractivity contribution in [3.63, 3.8) is 0 Å². The van der Waals surface area contributed by atoms with E-state index in [1.807, 2.05) is 43.0 Å². The van der Waals surface area contributed by atoms with E-state index in [0.29, 0.717) is 31.9 Å². The van der Waals surface area contributed by atoms with Crippen LogP contribution in [0.3, 0.4) is 0 Å². The molecule has 1 unspecified atom stereocenters. The Morgan fingerprint density at radius 1 is 1.00 bits per heavy atom. The maximum Gasteiger partial charge on any atom is 0.573 e. The van der Waals surface area contributed by atoms with Crippen LogP contribution < -0.4 is 15.4 Å². The van der Waals surface area contributed by atoms with E-state index in [1.54, 1.807) is 0 Å².